The quantitative estimate of drug-likeness (QED) is 0.567. The van der Waals surface area contributed by atoms with Gasteiger partial charge in [0.1, 0.15) is 5.75 Å². The first-order valence-electron chi connectivity index (χ1n) is 11.2. The Morgan fingerprint density at radius 1 is 1.12 bits per heavy atom. The Balaban J connectivity index is 1.17. The molecule has 0 unspecified atom stereocenters. The summed E-state index contributed by atoms with van der Waals surface area (Å²) in [6.45, 7) is 2.72. The molecule has 2 amide bonds. The summed E-state index contributed by atoms with van der Waals surface area (Å²) in [6.07, 6.45) is 3.51. The molecule has 0 radical (unpaired) electrons. The van der Waals surface area contributed by atoms with E-state index in [0.717, 1.165) is 43.1 Å². The minimum atomic E-state index is -0.162. The molecule has 2 aliphatic rings. The maximum Gasteiger partial charge on any atom is 0.322 e. The third-order valence-corrected chi connectivity index (χ3v) is 6.59. The highest BCUT2D eigenvalue weighted by molar-refractivity contribution is 6.31. The number of carbonyl (C=O) groups excluding carboxylic acids is 1. The standard InChI is InChI=1S/C24H26ClN5O3/c1-32-21-10-7-18(25)15-20(21)26-24(31)30-13-11-29(12-14-30)19-8-5-16(6-9-19)22-27-23(33-28-22)17-3-2-4-17/h5-10,15,17H,2-4,11-14H2,1H3,(H,26,31). The van der Waals surface area contributed by atoms with E-state index in [4.69, 9.17) is 20.9 Å². The summed E-state index contributed by atoms with van der Waals surface area (Å²) in [5.41, 5.74) is 2.62. The molecule has 5 rings (SSSR count). The number of nitrogens with zero attached hydrogens (tertiary/aromatic N) is 4. The van der Waals surface area contributed by atoms with E-state index >= 15 is 0 Å². The van der Waals surface area contributed by atoms with Gasteiger partial charge in [-0.15, -0.1) is 0 Å². The fraction of sp³-hybridized carbons (Fsp3) is 0.375. The average Bonchev–Trinajstić information content (AvgIpc) is 3.28. The van der Waals surface area contributed by atoms with Gasteiger partial charge in [0.15, 0.2) is 0 Å². The number of carbonyl (C=O) groups is 1. The first-order valence-corrected chi connectivity index (χ1v) is 11.6. The number of hydrogen-bond donors (Lipinski definition) is 1. The van der Waals surface area contributed by atoms with E-state index in [-0.39, 0.29) is 6.03 Å². The molecule has 33 heavy (non-hydrogen) atoms. The largest absolute Gasteiger partial charge is 0.495 e. The second-order valence-corrected chi connectivity index (χ2v) is 8.82. The minimum Gasteiger partial charge on any atom is -0.495 e. The zero-order valence-corrected chi connectivity index (χ0v) is 19.2. The monoisotopic (exact) mass is 467 g/mol. The lowest BCUT2D eigenvalue weighted by Crippen LogP contribution is -2.50. The molecule has 3 aromatic rings. The lowest BCUT2D eigenvalue weighted by molar-refractivity contribution is 0.208. The van der Waals surface area contributed by atoms with Gasteiger partial charge in [0.2, 0.25) is 11.7 Å². The third kappa shape index (κ3) is 4.61. The van der Waals surface area contributed by atoms with E-state index in [9.17, 15) is 4.79 Å². The van der Waals surface area contributed by atoms with Crippen LogP contribution in [0.25, 0.3) is 11.4 Å². The Morgan fingerprint density at radius 2 is 1.88 bits per heavy atom. The van der Waals surface area contributed by atoms with Crippen LogP contribution in [0.3, 0.4) is 0 Å². The number of ether oxygens (including phenoxy) is 1. The van der Waals surface area contributed by atoms with E-state index in [1.54, 1.807) is 30.2 Å². The molecular weight excluding hydrogens is 442 g/mol. The Kier molecular flexibility index (Phi) is 6.09. The minimum absolute atomic E-state index is 0.162. The maximum atomic E-state index is 12.7. The molecule has 2 aromatic carbocycles. The summed E-state index contributed by atoms with van der Waals surface area (Å²) in [5, 5.41) is 7.59. The van der Waals surface area contributed by atoms with Crippen molar-refractivity contribution in [2.75, 3.05) is 43.5 Å². The first-order chi connectivity index (χ1) is 16.1. The van der Waals surface area contributed by atoms with Gasteiger partial charge >= 0.3 is 6.03 Å². The van der Waals surface area contributed by atoms with Crippen molar-refractivity contribution in [3.8, 4) is 17.1 Å². The second kappa shape index (κ2) is 9.31. The van der Waals surface area contributed by atoms with Gasteiger partial charge in [-0.1, -0.05) is 23.2 Å². The molecule has 1 aliphatic carbocycles. The van der Waals surface area contributed by atoms with Crippen LogP contribution < -0.4 is 15.0 Å². The number of nitrogens with one attached hydrogen (secondary N) is 1. The molecule has 9 heteroatoms. The highest BCUT2D eigenvalue weighted by atomic mass is 35.5. The number of hydrogen-bond acceptors (Lipinski definition) is 6. The number of anilines is 2. The molecule has 8 nitrogen and oxygen atoms in total. The SMILES string of the molecule is COc1ccc(Cl)cc1NC(=O)N1CCN(c2ccc(-c3noc(C4CCC4)n3)cc2)CC1. The molecule has 1 saturated heterocycles. The Hall–Kier alpha value is -3.26. The number of aromatic nitrogens is 2. The molecule has 2 fully saturated rings. The van der Waals surface area contributed by atoms with E-state index < -0.39 is 0 Å². The normalized spacial score (nSPS) is 16.4. The van der Waals surface area contributed by atoms with Gasteiger partial charge in [-0.2, -0.15) is 4.98 Å². The van der Waals surface area contributed by atoms with E-state index in [0.29, 0.717) is 41.3 Å². The molecule has 1 saturated carbocycles. The summed E-state index contributed by atoms with van der Waals surface area (Å²) in [4.78, 5) is 21.4. The molecular formula is C24H26ClN5O3. The van der Waals surface area contributed by atoms with Crippen molar-refractivity contribution >= 4 is 29.0 Å². The molecule has 1 N–H and O–H groups in total. The number of methoxy groups -OCH3 is 1. The first kappa shape index (κ1) is 21.6. The number of piperazine rings is 1. The molecule has 0 spiro atoms. The van der Waals surface area contributed by atoms with Gasteiger partial charge in [0.25, 0.3) is 0 Å². The van der Waals surface area contributed by atoms with Gasteiger partial charge in [0, 0.05) is 48.4 Å². The molecule has 1 aromatic heterocycles. The van der Waals surface area contributed by atoms with E-state index in [2.05, 4.69) is 32.5 Å². The van der Waals surface area contributed by atoms with Crippen molar-refractivity contribution in [1.29, 1.82) is 0 Å². The Bertz CT molecular complexity index is 1120. The lowest BCUT2D eigenvalue weighted by Gasteiger charge is -2.36. The van der Waals surface area contributed by atoms with Gasteiger partial charge < -0.3 is 24.4 Å². The van der Waals surface area contributed by atoms with Crippen LogP contribution >= 0.6 is 11.6 Å². The number of benzene rings is 2. The van der Waals surface area contributed by atoms with Crippen molar-refractivity contribution < 1.29 is 14.1 Å². The van der Waals surface area contributed by atoms with Crippen LogP contribution in [-0.2, 0) is 0 Å². The predicted octanol–water partition coefficient (Wildman–Crippen LogP) is 5.02. The lowest BCUT2D eigenvalue weighted by atomic mass is 9.85. The second-order valence-electron chi connectivity index (χ2n) is 8.38. The van der Waals surface area contributed by atoms with Crippen LogP contribution in [0.1, 0.15) is 31.1 Å². The smallest absolute Gasteiger partial charge is 0.322 e. The van der Waals surface area contributed by atoms with Gasteiger partial charge in [-0.3, -0.25) is 0 Å². The van der Waals surface area contributed by atoms with Crippen LogP contribution in [0.2, 0.25) is 5.02 Å². The van der Waals surface area contributed by atoms with Gasteiger partial charge in [-0.05, 0) is 55.3 Å². The number of rotatable bonds is 5. The van der Waals surface area contributed by atoms with Crippen LogP contribution in [0.5, 0.6) is 5.75 Å². The van der Waals surface area contributed by atoms with Gasteiger partial charge in [-0.25, -0.2) is 4.79 Å². The van der Waals surface area contributed by atoms with Crippen LogP contribution in [0, 0.1) is 0 Å². The third-order valence-electron chi connectivity index (χ3n) is 6.36. The fourth-order valence-electron chi connectivity index (χ4n) is 4.13. The van der Waals surface area contributed by atoms with Crippen molar-refractivity contribution in [1.82, 2.24) is 15.0 Å². The highest BCUT2D eigenvalue weighted by Crippen LogP contribution is 2.36. The summed E-state index contributed by atoms with van der Waals surface area (Å²) in [7, 11) is 1.56. The number of halogens is 1. The fourth-order valence-corrected chi connectivity index (χ4v) is 4.31. The van der Waals surface area contributed by atoms with Crippen LogP contribution in [-0.4, -0.2) is 54.4 Å². The molecule has 0 atom stereocenters. The van der Waals surface area contributed by atoms with E-state index in [1.165, 1.54) is 6.42 Å². The Morgan fingerprint density at radius 3 is 2.55 bits per heavy atom. The zero-order chi connectivity index (χ0) is 22.8. The Labute approximate surface area is 197 Å². The maximum absolute atomic E-state index is 12.7. The summed E-state index contributed by atoms with van der Waals surface area (Å²) in [6, 6.07) is 13.2. The molecule has 1 aliphatic heterocycles. The molecule has 2 heterocycles. The molecule has 0 bridgehead atoms. The predicted molar refractivity (Wildman–Crippen MR) is 127 cm³/mol. The van der Waals surface area contributed by atoms with Crippen molar-refractivity contribution in [2.24, 2.45) is 0 Å². The summed E-state index contributed by atoms with van der Waals surface area (Å²) in [5.74, 6) is 2.40. The highest BCUT2D eigenvalue weighted by Gasteiger charge is 2.26. The van der Waals surface area contributed by atoms with Gasteiger partial charge in [0.05, 0.1) is 12.8 Å². The van der Waals surface area contributed by atoms with Crippen molar-refractivity contribution in [3.63, 3.8) is 0 Å². The van der Waals surface area contributed by atoms with Crippen molar-refractivity contribution in [2.45, 2.75) is 25.2 Å². The topological polar surface area (TPSA) is 83.7 Å². The summed E-state index contributed by atoms with van der Waals surface area (Å²) >= 11 is 6.06. The number of amides is 2. The zero-order valence-electron chi connectivity index (χ0n) is 18.5. The van der Waals surface area contributed by atoms with Crippen LogP contribution in [0.15, 0.2) is 47.0 Å². The van der Waals surface area contributed by atoms with E-state index in [1.807, 2.05) is 12.1 Å². The summed E-state index contributed by atoms with van der Waals surface area (Å²) < 4.78 is 10.7. The molecule has 172 valence electrons. The average molecular weight is 468 g/mol. The number of urea groups is 1. The van der Waals surface area contributed by atoms with Crippen LogP contribution in [0.4, 0.5) is 16.2 Å². The van der Waals surface area contributed by atoms with Crippen molar-refractivity contribution in [3.05, 3.63) is 53.4 Å².